The van der Waals surface area contributed by atoms with Crippen LogP contribution in [0.4, 0.5) is 0 Å². The van der Waals surface area contributed by atoms with Gasteiger partial charge in [-0.3, -0.25) is 4.68 Å². The molecule has 0 radical (unpaired) electrons. The Morgan fingerprint density at radius 3 is 3.00 bits per heavy atom. The molecule has 1 aromatic rings. The van der Waals surface area contributed by atoms with Crippen molar-refractivity contribution in [3.05, 3.63) is 11.9 Å². The van der Waals surface area contributed by atoms with E-state index in [2.05, 4.69) is 24.2 Å². The maximum Gasteiger partial charge on any atom is 0.0993 e. The van der Waals surface area contributed by atoms with Gasteiger partial charge in [0.25, 0.3) is 0 Å². The Balaban J connectivity index is 2.33. The van der Waals surface area contributed by atoms with Crippen LogP contribution in [0.3, 0.4) is 0 Å². The lowest BCUT2D eigenvalue weighted by Crippen LogP contribution is -2.08. The summed E-state index contributed by atoms with van der Waals surface area (Å²) in [5, 5.41) is 8.13. The van der Waals surface area contributed by atoms with Gasteiger partial charge in [0.1, 0.15) is 0 Å². The van der Waals surface area contributed by atoms with Gasteiger partial charge >= 0.3 is 0 Å². The molecule has 15 heavy (non-hydrogen) atoms. The summed E-state index contributed by atoms with van der Waals surface area (Å²) in [6, 6.07) is 0.0313. The normalized spacial score (nSPS) is 13.0. The first-order valence-electron chi connectivity index (χ1n) is 5.51. The molecule has 0 aliphatic carbocycles. The van der Waals surface area contributed by atoms with Crippen molar-refractivity contribution in [2.75, 3.05) is 11.5 Å². The van der Waals surface area contributed by atoms with Gasteiger partial charge < -0.3 is 5.73 Å². The van der Waals surface area contributed by atoms with E-state index in [4.69, 9.17) is 5.73 Å². The number of hydrogen-bond donors (Lipinski definition) is 1. The van der Waals surface area contributed by atoms with Crippen LogP contribution in [-0.4, -0.2) is 26.5 Å². The molecule has 1 aromatic heterocycles. The van der Waals surface area contributed by atoms with Gasteiger partial charge in [0, 0.05) is 6.54 Å². The fraction of sp³-hybridized carbons (Fsp3) is 0.800. The van der Waals surface area contributed by atoms with Crippen molar-refractivity contribution in [3.8, 4) is 0 Å². The van der Waals surface area contributed by atoms with Gasteiger partial charge in [-0.2, -0.15) is 11.8 Å². The van der Waals surface area contributed by atoms with Gasteiger partial charge in [0.15, 0.2) is 0 Å². The van der Waals surface area contributed by atoms with Crippen LogP contribution in [0.25, 0.3) is 0 Å². The molecule has 0 aliphatic heterocycles. The van der Waals surface area contributed by atoms with E-state index in [1.807, 2.05) is 22.6 Å². The highest BCUT2D eigenvalue weighted by atomic mass is 32.2. The van der Waals surface area contributed by atoms with Crippen molar-refractivity contribution in [1.29, 1.82) is 0 Å². The van der Waals surface area contributed by atoms with Crippen LogP contribution in [0, 0.1) is 0 Å². The number of aryl methyl sites for hydroxylation is 1. The summed E-state index contributed by atoms with van der Waals surface area (Å²) < 4.78 is 1.89. The summed E-state index contributed by atoms with van der Waals surface area (Å²) >= 11 is 1.96. The number of nitrogens with zero attached hydrogens (tertiary/aromatic N) is 3. The van der Waals surface area contributed by atoms with Crippen molar-refractivity contribution < 1.29 is 0 Å². The molecule has 4 nitrogen and oxygen atoms in total. The topological polar surface area (TPSA) is 56.7 Å². The molecule has 0 saturated heterocycles. The van der Waals surface area contributed by atoms with Crippen molar-refractivity contribution in [2.45, 2.75) is 39.3 Å². The molecule has 2 N–H and O–H groups in total. The fourth-order valence-corrected chi connectivity index (χ4v) is 1.90. The van der Waals surface area contributed by atoms with E-state index in [0.717, 1.165) is 25.1 Å². The van der Waals surface area contributed by atoms with Gasteiger partial charge in [0.05, 0.1) is 17.9 Å². The Bertz CT molecular complexity index is 274. The lowest BCUT2D eigenvalue weighted by molar-refractivity contribution is 0.581. The molecule has 1 rings (SSSR count). The average Bonchev–Trinajstić information content (AvgIpc) is 2.72. The van der Waals surface area contributed by atoms with Gasteiger partial charge in [-0.15, -0.1) is 5.10 Å². The highest BCUT2D eigenvalue weighted by Gasteiger charge is 2.07. The fourth-order valence-electron chi connectivity index (χ4n) is 1.27. The third-order valence-corrected chi connectivity index (χ3v) is 3.24. The second-order valence-corrected chi connectivity index (χ2v) is 4.87. The summed E-state index contributed by atoms with van der Waals surface area (Å²) in [6.07, 6.45) is 4.01. The van der Waals surface area contributed by atoms with E-state index in [9.17, 15) is 0 Å². The predicted molar refractivity (Wildman–Crippen MR) is 64.9 cm³/mol. The third-order valence-electron chi connectivity index (χ3n) is 2.26. The number of rotatable bonds is 7. The molecule has 1 heterocycles. The monoisotopic (exact) mass is 228 g/mol. The molecule has 0 fully saturated rings. The Morgan fingerprint density at radius 2 is 2.33 bits per heavy atom. The van der Waals surface area contributed by atoms with Crippen LogP contribution in [0.15, 0.2) is 6.20 Å². The zero-order valence-corrected chi connectivity index (χ0v) is 10.3. The molecule has 0 amide bonds. The highest BCUT2D eigenvalue weighted by Crippen LogP contribution is 2.09. The minimum absolute atomic E-state index is 0.0313. The predicted octanol–water partition coefficient (Wildman–Crippen LogP) is 1.83. The molecule has 0 bridgehead atoms. The number of thioether (sulfide) groups is 1. The quantitative estimate of drug-likeness (QED) is 0.723. The van der Waals surface area contributed by atoms with Crippen molar-refractivity contribution in [3.63, 3.8) is 0 Å². The number of nitrogens with two attached hydrogens (primary N) is 1. The molecule has 5 heteroatoms. The summed E-state index contributed by atoms with van der Waals surface area (Å²) in [5.41, 5.74) is 6.77. The van der Waals surface area contributed by atoms with Gasteiger partial charge in [-0.25, -0.2) is 0 Å². The second-order valence-electron chi connectivity index (χ2n) is 3.47. The first-order valence-corrected chi connectivity index (χ1v) is 6.66. The first kappa shape index (κ1) is 12.5. The van der Waals surface area contributed by atoms with Crippen LogP contribution in [0.5, 0.6) is 0 Å². The maximum absolute atomic E-state index is 5.86. The SMILES string of the molecule is CCSCCCn1cc(C(N)CC)nn1. The standard InChI is InChI=1S/C10H20N4S/c1-3-9(11)10-8-14(13-12-10)6-5-7-15-4-2/h8-9H,3-7,11H2,1-2H3. The van der Waals surface area contributed by atoms with Gasteiger partial charge in [-0.1, -0.05) is 19.1 Å². The number of hydrogen-bond acceptors (Lipinski definition) is 4. The second kappa shape index (κ2) is 6.85. The molecule has 86 valence electrons. The Kier molecular flexibility index (Phi) is 5.71. The van der Waals surface area contributed by atoms with E-state index in [0.29, 0.717) is 0 Å². The van der Waals surface area contributed by atoms with Crippen molar-refractivity contribution >= 4 is 11.8 Å². The van der Waals surface area contributed by atoms with E-state index < -0.39 is 0 Å². The molecule has 0 spiro atoms. The lowest BCUT2D eigenvalue weighted by Gasteiger charge is -2.02. The van der Waals surface area contributed by atoms with E-state index in [1.165, 1.54) is 11.5 Å². The summed E-state index contributed by atoms with van der Waals surface area (Å²) in [4.78, 5) is 0. The van der Waals surface area contributed by atoms with Crippen molar-refractivity contribution in [2.24, 2.45) is 5.73 Å². The Labute approximate surface area is 95.6 Å². The van der Waals surface area contributed by atoms with E-state index in [-0.39, 0.29) is 6.04 Å². The molecule has 1 unspecified atom stereocenters. The Hall–Kier alpha value is -0.550. The van der Waals surface area contributed by atoms with E-state index >= 15 is 0 Å². The molecular weight excluding hydrogens is 208 g/mol. The minimum Gasteiger partial charge on any atom is -0.323 e. The van der Waals surface area contributed by atoms with Crippen LogP contribution in [0.2, 0.25) is 0 Å². The minimum atomic E-state index is 0.0313. The highest BCUT2D eigenvalue weighted by molar-refractivity contribution is 7.99. The summed E-state index contributed by atoms with van der Waals surface area (Å²) in [5.74, 6) is 2.37. The third kappa shape index (κ3) is 4.22. The summed E-state index contributed by atoms with van der Waals surface area (Å²) in [7, 11) is 0. The zero-order valence-electron chi connectivity index (χ0n) is 9.52. The smallest absolute Gasteiger partial charge is 0.0993 e. The van der Waals surface area contributed by atoms with Gasteiger partial charge in [0.2, 0.25) is 0 Å². The van der Waals surface area contributed by atoms with Crippen LogP contribution < -0.4 is 5.73 Å². The maximum atomic E-state index is 5.86. The zero-order chi connectivity index (χ0) is 11.1. The van der Waals surface area contributed by atoms with Crippen LogP contribution in [-0.2, 0) is 6.54 Å². The van der Waals surface area contributed by atoms with E-state index in [1.54, 1.807) is 0 Å². The van der Waals surface area contributed by atoms with Crippen molar-refractivity contribution in [1.82, 2.24) is 15.0 Å². The number of aromatic nitrogens is 3. The first-order chi connectivity index (χ1) is 7.27. The molecule has 0 aliphatic rings. The summed E-state index contributed by atoms with van der Waals surface area (Å²) in [6.45, 7) is 5.18. The Morgan fingerprint density at radius 1 is 1.53 bits per heavy atom. The molecule has 0 saturated carbocycles. The van der Waals surface area contributed by atoms with Gasteiger partial charge in [-0.05, 0) is 24.3 Å². The molecule has 1 atom stereocenters. The molecule has 0 aromatic carbocycles. The largest absolute Gasteiger partial charge is 0.323 e. The van der Waals surface area contributed by atoms with Crippen LogP contribution in [0.1, 0.15) is 38.4 Å². The lowest BCUT2D eigenvalue weighted by atomic mass is 10.2. The molecular formula is C10H20N4S. The van der Waals surface area contributed by atoms with Crippen LogP contribution >= 0.6 is 11.8 Å². The average molecular weight is 228 g/mol.